The van der Waals surface area contributed by atoms with Crippen LogP contribution in [0.1, 0.15) is 67.7 Å². The van der Waals surface area contributed by atoms with Crippen molar-refractivity contribution in [3.8, 4) is 34.5 Å². The molecule has 0 aromatic heterocycles. The molecule has 356 valence electrons. The molecule has 19 heteroatoms. The topological polar surface area (TPSA) is 306 Å². The predicted molar refractivity (Wildman–Crippen MR) is 242 cm³/mol. The SMILES string of the molecule is N=C1C=CC([C@@H](O)[C@H](CO)Oc2ccc(C3C=C(O)c4c(cc(O[C@@H]5O[C@H](C(=O)O)[C@]6(O)[C@H](C7=NC=NC7)C=C[C@@]5(O)[C@@H]6O)c(O[C@]5(c6cccc(O)c6)CCCC56CCCC6)c4O)O3)cc2)=N1. The van der Waals surface area contributed by atoms with Crippen molar-refractivity contribution in [3.05, 3.63) is 102 Å². The van der Waals surface area contributed by atoms with Crippen LogP contribution in [0.4, 0.5) is 0 Å². The summed E-state index contributed by atoms with van der Waals surface area (Å²) in [6, 6.07) is 14.3. The van der Waals surface area contributed by atoms with Crippen LogP contribution in [0.3, 0.4) is 0 Å². The van der Waals surface area contributed by atoms with Crippen molar-refractivity contribution in [2.75, 3.05) is 13.2 Å². The molecule has 10 N–H and O–H groups in total. The Kier molecular flexibility index (Phi) is 11.2. The lowest BCUT2D eigenvalue weighted by atomic mass is 9.64. The second kappa shape index (κ2) is 16.9. The number of carboxylic acid groups (broad SMARTS) is 1. The van der Waals surface area contributed by atoms with Gasteiger partial charge in [-0.3, -0.25) is 10.4 Å². The van der Waals surface area contributed by atoms with E-state index in [1.807, 2.05) is 6.07 Å². The van der Waals surface area contributed by atoms with Crippen molar-refractivity contribution in [2.24, 2.45) is 26.3 Å². The van der Waals surface area contributed by atoms with Crippen molar-refractivity contribution in [3.63, 3.8) is 0 Å². The number of ether oxygens (including phenoxy) is 5. The van der Waals surface area contributed by atoms with Gasteiger partial charge in [0.2, 0.25) is 12.0 Å². The van der Waals surface area contributed by atoms with Gasteiger partial charge in [-0.15, -0.1) is 0 Å². The molecule has 68 heavy (non-hydrogen) atoms. The van der Waals surface area contributed by atoms with Gasteiger partial charge in [0.1, 0.15) is 70.3 Å². The summed E-state index contributed by atoms with van der Waals surface area (Å²) in [6.07, 6.45) is 3.13. The number of aliphatic imine (C=N–C) groups is 3. The van der Waals surface area contributed by atoms with Crippen LogP contribution in [0.2, 0.25) is 0 Å². The van der Waals surface area contributed by atoms with Gasteiger partial charge < -0.3 is 69.6 Å². The monoisotopic (exact) mass is 934 g/mol. The van der Waals surface area contributed by atoms with Crippen molar-refractivity contribution in [1.82, 2.24) is 0 Å². The molecule has 3 fully saturated rings. The Labute approximate surface area is 388 Å². The molecule has 4 heterocycles. The van der Waals surface area contributed by atoms with E-state index in [0.717, 1.165) is 44.6 Å². The van der Waals surface area contributed by atoms with Gasteiger partial charge in [0.15, 0.2) is 29.3 Å². The number of phenolic OH excluding ortho intramolecular Hbond substituents is 2. The minimum absolute atomic E-state index is 0.00282. The Hall–Kier alpha value is -6.61. The molecule has 3 aromatic rings. The Morgan fingerprint density at radius 2 is 1.75 bits per heavy atom. The van der Waals surface area contributed by atoms with Crippen LogP contribution in [0.5, 0.6) is 34.5 Å². The summed E-state index contributed by atoms with van der Waals surface area (Å²) in [6.45, 7) is -0.567. The summed E-state index contributed by atoms with van der Waals surface area (Å²) < 4.78 is 31.8. The van der Waals surface area contributed by atoms with Crippen LogP contribution < -0.4 is 18.9 Å². The van der Waals surface area contributed by atoms with E-state index in [1.54, 1.807) is 36.4 Å². The minimum atomic E-state index is -2.66. The lowest BCUT2D eigenvalue weighted by Gasteiger charge is -2.56. The van der Waals surface area contributed by atoms with Crippen LogP contribution in [0.15, 0.2) is 100.0 Å². The highest BCUT2D eigenvalue weighted by molar-refractivity contribution is 6.15. The largest absolute Gasteiger partial charge is 0.508 e. The fourth-order valence-corrected chi connectivity index (χ4v) is 11.2. The minimum Gasteiger partial charge on any atom is -0.508 e. The highest BCUT2D eigenvalue weighted by Gasteiger charge is 2.70. The molecular weight excluding hydrogens is 885 g/mol. The molecule has 1 saturated heterocycles. The van der Waals surface area contributed by atoms with E-state index >= 15 is 0 Å². The molecule has 10 atom stereocenters. The molecule has 19 nitrogen and oxygen atoms in total. The van der Waals surface area contributed by atoms with Crippen molar-refractivity contribution in [2.45, 2.75) is 98.6 Å². The number of aliphatic carboxylic acids is 1. The van der Waals surface area contributed by atoms with Gasteiger partial charge in [-0.1, -0.05) is 43.2 Å². The molecule has 2 saturated carbocycles. The highest BCUT2D eigenvalue weighted by Crippen LogP contribution is 2.65. The van der Waals surface area contributed by atoms with E-state index in [1.165, 1.54) is 42.8 Å². The van der Waals surface area contributed by atoms with E-state index in [4.69, 9.17) is 29.1 Å². The zero-order chi connectivity index (χ0) is 47.8. The predicted octanol–water partition coefficient (Wildman–Crippen LogP) is 3.92. The highest BCUT2D eigenvalue weighted by atomic mass is 16.7. The molecule has 2 bridgehead atoms. The number of nitrogens with zero attached hydrogens (tertiary/aromatic N) is 3. The number of aliphatic hydroxyl groups excluding tert-OH is 4. The molecule has 0 radical (unpaired) electrons. The fraction of sp³-hybridized carbons (Fsp3) is 0.408. The van der Waals surface area contributed by atoms with Crippen LogP contribution in [-0.4, -0.2) is 131 Å². The first-order chi connectivity index (χ1) is 32.6. The van der Waals surface area contributed by atoms with Gasteiger partial charge in [-0.2, -0.15) is 0 Å². The molecule has 1 spiro atoms. The van der Waals surface area contributed by atoms with Crippen molar-refractivity contribution < 1.29 is 74.4 Å². The Bertz CT molecular complexity index is 2720. The van der Waals surface area contributed by atoms with Crippen LogP contribution in [0, 0.1) is 16.7 Å². The Morgan fingerprint density at radius 1 is 0.985 bits per heavy atom. The smallest absolute Gasteiger partial charge is 0.336 e. The van der Waals surface area contributed by atoms with Gasteiger partial charge in [0, 0.05) is 17.6 Å². The van der Waals surface area contributed by atoms with E-state index < -0.39 is 89.0 Å². The number of fused-ring (bicyclic) bond motifs is 3. The normalized spacial score (nSPS) is 31.7. The molecule has 7 aliphatic rings. The maximum Gasteiger partial charge on any atom is 0.336 e. The van der Waals surface area contributed by atoms with Gasteiger partial charge in [0.05, 0.1) is 30.5 Å². The number of phenols is 2. The summed E-state index contributed by atoms with van der Waals surface area (Å²) in [4.78, 5) is 25.1. The molecule has 3 aromatic carbocycles. The number of aliphatic hydroxyl groups is 6. The number of carboxylic acids is 1. The summed E-state index contributed by atoms with van der Waals surface area (Å²) in [5.74, 6) is -4.64. The third-order valence-electron chi connectivity index (χ3n) is 14.5. The average molecular weight is 935 g/mol. The molecule has 1 unspecified atom stereocenters. The van der Waals surface area contributed by atoms with Crippen LogP contribution in [-0.2, 0) is 15.1 Å². The molecule has 10 rings (SSSR count). The lowest BCUT2D eigenvalue weighted by molar-refractivity contribution is -0.337. The number of hydrogen-bond donors (Lipinski definition) is 10. The van der Waals surface area contributed by atoms with Gasteiger partial charge in [0.25, 0.3) is 0 Å². The molecular formula is C49H50N4O15. The number of carbonyl (C=O) groups is 1. The summed E-state index contributed by atoms with van der Waals surface area (Å²) in [7, 11) is 0. The first-order valence-corrected chi connectivity index (χ1v) is 22.4. The van der Waals surface area contributed by atoms with Gasteiger partial charge >= 0.3 is 5.97 Å². The number of hydrogen-bond acceptors (Lipinski definition) is 17. The zero-order valence-electron chi connectivity index (χ0n) is 36.4. The maximum atomic E-state index is 13.0. The third kappa shape index (κ3) is 7.14. The summed E-state index contributed by atoms with van der Waals surface area (Å²) >= 11 is 0. The molecule has 3 aliphatic carbocycles. The second-order valence-electron chi connectivity index (χ2n) is 18.3. The van der Waals surface area contributed by atoms with Gasteiger partial charge in [-0.05, 0) is 85.7 Å². The van der Waals surface area contributed by atoms with Crippen LogP contribution >= 0.6 is 0 Å². The Balaban J connectivity index is 1.04. The van der Waals surface area contributed by atoms with E-state index in [0.29, 0.717) is 17.5 Å². The van der Waals surface area contributed by atoms with Crippen molar-refractivity contribution in [1.29, 1.82) is 5.41 Å². The number of benzene rings is 3. The quantitative estimate of drug-likeness (QED) is 0.109. The van der Waals surface area contributed by atoms with Gasteiger partial charge in [-0.25, -0.2) is 14.8 Å². The van der Waals surface area contributed by atoms with E-state index in [9.17, 15) is 50.8 Å². The first kappa shape index (κ1) is 45.2. The number of rotatable bonds is 13. The Morgan fingerprint density at radius 3 is 2.43 bits per heavy atom. The van der Waals surface area contributed by atoms with Crippen LogP contribution in [0.25, 0.3) is 5.76 Å². The van der Waals surface area contributed by atoms with E-state index in [2.05, 4.69) is 15.0 Å². The average Bonchev–Trinajstić information content (AvgIpc) is 4.17. The first-order valence-electron chi connectivity index (χ1n) is 22.4. The van der Waals surface area contributed by atoms with Crippen molar-refractivity contribution >= 4 is 35.3 Å². The standard InChI is InChI=1S/C49H50N4O15/c50-37-12-11-30(53-37)39(57)36(23-54)64-28-9-7-25(8-10-28)33-20-32(56)38-34(65-33)21-35(41(40(38)58)68-48(26-5-3-6-27(55)19-26)17-4-16-46(48)14-1-2-15-46)66-45-47(62)18-13-29(31-22-51-24-52-31)49(63,44(47)61)42(67-45)43(59)60/h3,5-13,18-21,24,29,33,36,39,42,44-45,50,54-58,61-63H,1-2,4,14-17,22-23H2,(H,59,60)/t29-,33?,36-,39+,42+,44-,45+,47+,48-,49+/m0/s1. The lowest BCUT2D eigenvalue weighted by Crippen LogP contribution is -2.78. The number of aromatic hydroxyl groups is 2. The molecule has 4 aliphatic heterocycles. The summed E-state index contributed by atoms with van der Waals surface area (Å²) in [5, 5.41) is 110. The third-order valence-corrected chi connectivity index (χ3v) is 14.5. The van der Waals surface area contributed by atoms with E-state index in [-0.39, 0.29) is 58.1 Å². The molecule has 0 amide bonds. The number of amidine groups is 1. The number of nitrogens with one attached hydrogen (secondary N) is 1. The fourth-order valence-electron chi connectivity index (χ4n) is 11.2. The zero-order valence-corrected chi connectivity index (χ0v) is 36.4. The maximum absolute atomic E-state index is 13.0. The second-order valence-corrected chi connectivity index (χ2v) is 18.3. The summed E-state index contributed by atoms with van der Waals surface area (Å²) in [5.41, 5.74) is -5.66.